The van der Waals surface area contributed by atoms with E-state index in [2.05, 4.69) is 4.40 Å². The zero-order valence-electron chi connectivity index (χ0n) is 9.26. The van der Waals surface area contributed by atoms with Gasteiger partial charge in [0.15, 0.2) is 5.49 Å². The molecule has 1 aromatic carbocycles. The van der Waals surface area contributed by atoms with Gasteiger partial charge < -0.3 is 10.9 Å². The molecule has 0 atom stereocenters. The van der Waals surface area contributed by atoms with Crippen LogP contribution in [-0.2, 0) is 10.0 Å². The van der Waals surface area contributed by atoms with E-state index >= 15 is 0 Å². The maximum absolute atomic E-state index is 11.9. The van der Waals surface area contributed by atoms with Gasteiger partial charge in [-0.25, -0.2) is 0 Å². The lowest BCUT2D eigenvalue weighted by Gasteiger charge is -2.00. The number of aromatic nitrogens is 1. The Morgan fingerprint density at radius 2 is 1.78 bits per heavy atom. The summed E-state index contributed by atoms with van der Waals surface area (Å²) in [6, 6.07) is 10.2. The largest absolute Gasteiger partial charge is 0.427 e. The Balaban J connectivity index is 2.55. The fourth-order valence-electron chi connectivity index (χ4n) is 1.31. The molecule has 7 heteroatoms. The Kier molecular flexibility index (Phi) is 3.07. The fourth-order valence-corrected chi connectivity index (χ4v) is 2.29. The van der Waals surface area contributed by atoms with Gasteiger partial charge in [0.2, 0.25) is 0 Å². The maximum atomic E-state index is 11.9. The van der Waals surface area contributed by atoms with Crippen LogP contribution in [0.25, 0.3) is 0 Å². The second-order valence-corrected chi connectivity index (χ2v) is 5.14. The van der Waals surface area contributed by atoms with Crippen LogP contribution in [0.15, 0.2) is 58.0 Å². The minimum atomic E-state index is -3.86. The van der Waals surface area contributed by atoms with E-state index in [4.69, 9.17) is 5.73 Å². The molecule has 0 unspecified atom stereocenters. The standard InChI is InChI=1S/C11H11N3O3S/c12-9-4-6-10(7-5-9)18(16,17)13-11-3-1-2-8-14(11)15/h1-8,15H,12H2/b13-11+. The summed E-state index contributed by atoms with van der Waals surface area (Å²) in [5.41, 5.74) is 5.87. The number of anilines is 1. The average molecular weight is 265 g/mol. The second kappa shape index (κ2) is 4.53. The highest BCUT2D eigenvalue weighted by atomic mass is 32.2. The molecular formula is C11H11N3O3S. The first-order chi connectivity index (χ1) is 8.49. The smallest absolute Gasteiger partial charge is 0.284 e. The number of rotatable bonds is 2. The summed E-state index contributed by atoms with van der Waals surface area (Å²) >= 11 is 0. The summed E-state index contributed by atoms with van der Waals surface area (Å²) in [6.07, 6.45) is 1.29. The molecule has 3 N–H and O–H groups in total. The minimum Gasteiger partial charge on any atom is -0.427 e. The van der Waals surface area contributed by atoms with Gasteiger partial charge in [-0.05, 0) is 36.4 Å². The second-order valence-electron chi connectivity index (χ2n) is 3.54. The van der Waals surface area contributed by atoms with Gasteiger partial charge in [-0.3, -0.25) is 0 Å². The van der Waals surface area contributed by atoms with E-state index in [9.17, 15) is 13.6 Å². The van der Waals surface area contributed by atoms with Crippen LogP contribution in [-0.4, -0.2) is 18.4 Å². The van der Waals surface area contributed by atoms with E-state index in [1.807, 2.05) is 0 Å². The van der Waals surface area contributed by atoms with Crippen molar-refractivity contribution in [3.05, 3.63) is 54.1 Å². The van der Waals surface area contributed by atoms with Gasteiger partial charge in [-0.2, -0.15) is 13.1 Å². The Bertz CT molecular complexity index is 718. The highest BCUT2D eigenvalue weighted by Gasteiger charge is 2.12. The first kappa shape index (κ1) is 12.2. The van der Waals surface area contributed by atoms with Crippen LogP contribution in [0.1, 0.15) is 0 Å². The lowest BCUT2D eigenvalue weighted by molar-refractivity contribution is 0.172. The molecule has 0 amide bonds. The van der Waals surface area contributed by atoms with Crippen LogP contribution in [0.5, 0.6) is 0 Å². The van der Waals surface area contributed by atoms with Crippen molar-refractivity contribution in [2.24, 2.45) is 4.40 Å². The molecule has 18 heavy (non-hydrogen) atoms. The minimum absolute atomic E-state index is 0.0144. The number of benzene rings is 1. The van der Waals surface area contributed by atoms with Gasteiger partial charge in [0.1, 0.15) is 0 Å². The van der Waals surface area contributed by atoms with Crippen molar-refractivity contribution in [1.29, 1.82) is 0 Å². The molecule has 6 nitrogen and oxygen atoms in total. The molecule has 1 heterocycles. The first-order valence-corrected chi connectivity index (χ1v) is 6.46. The Labute approximate surface area is 104 Å². The van der Waals surface area contributed by atoms with E-state index in [1.54, 1.807) is 12.1 Å². The molecule has 0 spiro atoms. The summed E-state index contributed by atoms with van der Waals surface area (Å²) in [5, 5.41) is 9.40. The third-order valence-corrected chi connectivity index (χ3v) is 3.51. The predicted octanol–water partition coefficient (Wildman–Crippen LogP) is 0.597. The van der Waals surface area contributed by atoms with Crippen LogP contribution in [0.3, 0.4) is 0 Å². The zero-order valence-corrected chi connectivity index (χ0v) is 10.1. The van der Waals surface area contributed by atoms with Gasteiger partial charge in [-0.15, -0.1) is 4.40 Å². The van der Waals surface area contributed by atoms with Crippen molar-refractivity contribution < 1.29 is 13.6 Å². The summed E-state index contributed by atoms with van der Waals surface area (Å²) in [7, 11) is -3.86. The van der Waals surface area contributed by atoms with E-state index < -0.39 is 10.0 Å². The van der Waals surface area contributed by atoms with Gasteiger partial charge in [0.25, 0.3) is 10.0 Å². The molecular weight excluding hydrogens is 254 g/mol. The van der Waals surface area contributed by atoms with Crippen LogP contribution in [0.4, 0.5) is 5.69 Å². The number of sulfonamides is 1. The van der Waals surface area contributed by atoms with Crippen molar-refractivity contribution in [3.8, 4) is 0 Å². The normalized spacial score (nSPS) is 12.6. The molecule has 94 valence electrons. The molecule has 0 radical (unpaired) electrons. The summed E-state index contributed by atoms with van der Waals surface area (Å²) < 4.78 is 28.0. The van der Waals surface area contributed by atoms with Gasteiger partial charge in [0, 0.05) is 11.9 Å². The van der Waals surface area contributed by atoms with Crippen molar-refractivity contribution in [3.63, 3.8) is 0 Å². The van der Waals surface area contributed by atoms with Gasteiger partial charge in [0.05, 0.1) is 4.90 Å². The van der Waals surface area contributed by atoms with Gasteiger partial charge >= 0.3 is 0 Å². The fraction of sp³-hybridized carbons (Fsp3) is 0. The van der Waals surface area contributed by atoms with E-state index in [1.165, 1.54) is 36.5 Å². The molecule has 2 rings (SSSR count). The number of hydrogen-bond donors (Lipinski definition) is 2. The molecule has 0 saturated carbocycles. The number of pyridine rings is 1. The Hall–Kier alpha value is -2.28. The third-order valence-electron chi connectivity index (χ3n) is 2.21. The number of nitrogen functional groups attached to an aromatic ring is 1. The lowest BCUT2D eigenvalue weighted by atomic mass is 10.3. The first-order valence-electron chi connectivity index (χ1n) is 5.02. The lowest BCUT2D eigenvalue weighted by Crippen LogP contribution is -2.19. The average Bonchev–Trinajstić information content (AvgIpc) is 2.32. The highest BCUT2D eigenvalue weighted by molar-refractivity contribution is 7.90. The summed E-state index contributed by atoms with van der Waals surface area (Å²) in [4.78, 5) is 0.0144. The third kappa shape index (κ3) is 2.51. The van der Waals surface area contributed by atoms with E-state index in [0.717, 1.165) is 0 Å². The number of nitrogens with two attached hydrogens (primary N) is 1. The van der Waals surface area contributed by atoms with Crippen molar-refractivity contribution in [1.82, 2.24) is 4.73 Å². The topological polar surface area (TPSA) is 97.7 Å². The van der Waals surface area contributed by atoms with Crippen LogP contribution < -0.4 is 11.2 Å². The quantitative estimate of drug-likeness (QED) is 0.613. The van der Waals surface area contributed by atoms with E-state index in [-0.39, 0.29) is 10.4 Å². The Morgan fingerprint density at radius 3 is 2.39 bits per heavy atom. The van der Waals surface area contributed by atoms with E-state index in [0.29, 0.717) is 10.4 Å². The van der Waals surface area contributed by atoms with Crippen LogP contribution >= 0.6 is 0 Å². The monoisotopic (exact) mass is 265 g/mol. The Morgan fingerprint density at radius 1 is 1.11 bits per heavy atom. The zero-order chi connectivity index (χ0) is 13.2. The van der Waals surface area contributed by atoms with Crippen LogP contribution in [0, 0.1) is 0 Å². The van der Waals surface area contributed by atoms with Gasteiger partial charge in [-0.1, -0.05) is 6.07 Å². The highest BCUT2D eigenvalue weighted by Crippen LogP contribution is 2.13. The predicted molar refractivity (Wildman–Crippen MR) is 65.2 cm³/mol. The van der Waals surface area contributed by atoms with Crippen molar-refractivity contribution in [2.45, 2.75) is 4.90 Å². The number of nitrogens with zero attached hydrogens (tertiary/aromatic N) is 2. The van der Waals surface area contributed by atoms with Crippen molar-refractivity contribution >= 4 is 15.7 Å². The molecule has 0 fully saturated rings. The van der Waals surface area contributed by atoms with Crippen LogP contribution in [0.2, 0.25) is 0 Å². The maximum Gasteiger partial charge on any atom is 0.284 e. The summed E-state index contributed by atoms with van der Waals surface area (Å²) in [6.45, 7) is 0. The molecule has 2 aromatic rings. The molecule has 0 bridgehead atoms. The molecule has 1 aromatic heterocycles. The molecule has 0 saturated heterocycles. The SMILES string of the molecule is Nc1ccc(S(=O)(=O)/N=c2\ccccn2O)cc1. The molecule has 0 aliphatic heterocycles. The molecule has 0 aliphatic carbocycles. The number of hydrogen-bond acceptors (Lipinski definition) is 4. The van der Waals surface area contributed by atoms with Crippen molar-refractivity contribution in [2.75, 3.05) is 5.73 Å². The summed E-state index contributed by atoms with van der Waals surface area (Å²) in [5.74, 6) is 0. The molecule has 0 aliphatic rings.